The SMILES string of the molecule is CC(Nc1cccc(OCC#N)c1)c1cnn(C)c1. The van der Waals surface area contributed by atoms with Crippen molar-refractivity contribution in [1.82, 2.24) is 9.78 Å². The molecule has 0 saturated heterocycles. The van der Waals surface area contributed by atoms with Crippen LogP contribution in [0.5, 0.6) is 5.75 Å². The van der Waals surface area contributed by atoms with E-state index in [0.717, 1.165) is 11.3 Å². The smallest absolute Gasteiger partial charge is 0.174 e. The summed E-state index contributed by atoms with van der Waals surface area (Å²) in [7, 11) is 1.90. The highest BCUT2D eigenvalue weighted by Gasteiger charge is 2.07. The summed E-state index contributed by atoms with van der Waals surface area (Å²) in [5.74, 6) is 0.685. The predicted molar refractivity (Wildman–Crippen MR) is 72.8 cm³/mol. The Kier molecular flexibility index (Phi) is 4.04. The number of nitrogens with zero attached hydrogens (tertiary/aromatic N) is 3. The Balaban J connectivity index is 2.04. The molecule has 1 heterocycles. The Labute approximate surface area is 112 Å². The first kappa shape index (κ1) is 13.0. The van der Waals surface area contributed by atoms with Gasteiger partial charge in [0, 0.05) is 30.6 Å². The molecule has 0 aliphatic rings. The van der Waals surface area contributed by atoms with E-state index in [2.05, 4.69) is 17.3 Å². The monoisotopic (exact) mass is 256 g/mol. The lowest BCUT2D eigenvalue weighted by atomic mass is 10.2. The molecular weight excluding hydrogens is 240 g/mol. The van der Waals surface area contributed by atoms with Gasteiger partial charge in [-0.2, -0.15) is 10.4 Å². The fourth-order valence-electron chi connectivity index (χ4n) is 1.79. The molecule has 5 heteroatoms. The van der Waals surface area contributed by atoms with E-state index in [0.29, 0.717) is 5.75 Å². The van der Waals surface area contributed by atoms with Gasteiger partial charge >= 0.3 is 0 Å². The quantitative estimate of drug-likeness (QED) is 0.892. The number of benzene rings is 1. The first-order chi connectivity index (χ1) is 9.19. The minimum atomic E-state index is 0.0572. The molecule has 0 amide bonds. The Hall–Kier alpha value is -2.48. The first-order valence-electron chi connectivity index (χ1n) is 6.04. The van der Waals surface area contributed by atoms with Gasteiger partial charge in [0.15, 0.2) is 6.61 Å². The highest BCUT2D eigenvalue weighted by molar-refractivity contribution is 5.49. The minimum absolute atomic E-state index is 0.0572. The molecule has 19 heavy (non-hydrogen) atoms. The van der Waals surface area contributed by atoms with Crippen molar-refractivity contribution >= 4 is 5.69 Å². The number of aromatic nitrogens is 2. The molecule has 0 aliphatic carbocycles. The lowest BCUT2D eigenvalue weighted by Gasteiger charge is -2.14. The van der Waals surface area contributed by atoms with Gasteiger partial charge in [0.05, 0.1) is 12.2 Å². The standard InChI is InChI=1S/C14H16N4O/c1-11(12-9-16-18(2)10-12)17-13-4-3-5-14(8-13)19-7-6-15/h3-5,8-11,17H,7H2,1-2H3. The van der Waals surface area contributed by atoms with Gasteiger partial charge in [0.1, 0.15) is 11.8 Å². The molecular formula is C14H16N4O. The largest absolute Gasteiger partial charge is 0.479 e. The summed E-state index contributed by atoms with van der Waals surface area (Å²) < 4.78 is 7.05. The van der Waals surface area contributed by atoms with Gasteiger partial charge in [-0.15, -0.1) is 0 Å². The maximum atomic E-state index is 8.49. The Morgan fingerprint density at radius 3 is 3.05 bits per heavy atom. The van der Waals surface area contributed by atoms with E-state index in [-0.39, 0.29) is 12.6 Å². The van der Waals surface area contributed by atoms with Crippen LogP contribution in [0.4, 0.5) is 5.69 Å². The molecule has 0 aliphatic heterocycles. The van der Waals surface area contributed by atoms with Crippen molar-refractivity contribution in [3.63, 3.8) is 0 Å². The summed E-state index contributed by atoms with van der Waals surface area (Å²) in [5, 5.41) is 16.0. The van der Waals surface area contributed by atoms with Gasteiger partial charge in [-0.1, -0.05) is 6.07 Å². The second-order valence-electron chi connectivity index (χ2n) is 4.29. The number of hydrogen-bond acceptors (Lipinski definition) is 4. The van der Waals surface area contributed by atoms with Crippen LogP contribution in [0, 0.1) is 11.3 Å². The first-order valence-corrected chi connectivity index (χ1v) is 6.04. The van der Waals surface area contributed by atoms with Crippen LogP contribution in [0.3, 0.4) is 0 Å². The van der Waals surface area contributed by atoms with Crippen molar-refractivity contribution in [2.45, 2.75) is 13.0 Å². The molecule has 1 N–H and O–H groups in total. The number of rotatable bonds is 5. The molecule has 0 radical (unpaired) electrons. The van der Waals surface area contributed by atoms with Crippen LogP contribution in [0.25, 0.3) is 0 Å². The average molecular weight is 256 g/mol. The van der Waals surface area contributed by atoms with Crippen molar-refractivity contribution in [2.24, 2.45) is 7.05 Å². The van der Waals surface area contributed by atoms with E-state index < -0.39 is 0 Å². The van der Waals surface area contributed by atoms with Crippen molar-refractivity contribution in [1.29, 1.82) is 5.26 Å². The highest BCUT2D eigenvalue weighted by atomic mass is 16.5. The topological polar surface area (TPSA) is 62.9 Å². The van der Waals surface area contributed by atoms with E-state index in [1.165, 1.54) is 0 Å². The van der Waals surface area contributed by atoms with Crippen LogP contribution in [-0.4, -0.2) is 16.4 Å². The summed E-state index contributed by atoms with van der Waals surface area (Å²) in [4.78, 5) is 0. The molecule has 98 valence electrons. The number of hydrogen-bond donors (Lipinski definition) is 1. The third kappa shape index (κ3) is 3.49. The zero-order valence-electron chi connectivity index (χ0n) is 11.0. The van der Waals surface area contributed by atoms with Crippen molar-refractivity contribution in [3.8, 4) is 11.8 Å². The van der Waals surface area contributed by atoms with Gasteiger partial charge in [0.25, 0.3) is 0 Å². The molecule has 0 saturated carbocycles. The maximum absolute atomic E-state index is 8.49. The highest BCUT2D eigenvalue weighted by Crippen LogP contribution is 2.22. The van der Waals surface area contributed by atoms with Gasteiger partial charge in [-0.25, -0.2) is 0 Å². The molecule has 0 spiro atoms. The van der Waals surface area contributed by atoms with Crippen molar-refractivity contribution in [3.05, 3.63) is 42.2 Å². The summed E-state index contributed by atoms with van der Waals surface area (Å²) in [6.07, 6.45) is 3.82. The predicted octanol–water partition coefficient (Wildman–Crippen LogP) is 2.50. The van der Waals surface area contributed by atoms with Crippen LogP contribution < -0.4 is 10.1 Å². The third-order valence-corrected chi connectivity index (χ3v) is 2.75. The van der Waals surface area contributed by atoms with Gasteiger partial charge < -0.3 is 10.1 Å². The van der Waals surface area contributed by atoms with E-state index in [4.69, 9.17) is 10.00 Å². The van der Waals surface area contributed by atoms with E-state index >= 15 is 0 Å². The number of nitrogens with one attached hydrogen (secondary N) is 1. The number of anilines is 1. The Morgan fingerprint density at radius 1 is 1.53 bits per heavy atom. The second kappa shape index (κ2) is 5.91. The molecule has 1 aromatic heterocycles. The molecule has 1 aromatic carbocycles. The molecule has 5 nitrogen and oxygen atoms in total. The van der Waals surface area contributed by atoms with Crippen LogP contribution in [-0.2, 0) is 7.05 Å². The number of nitriles is 1. The number of ether oxygens (including phenoxy) is 1. The fraction of sp³-hybridized carbons (Fsp3) is 0.286. The lowest BCUT2D eigenvalue weighted by molar-refractivity contribution is 0.368. The molecule has 1 atom stereocenters. The Morgan fingerprint density at radius 2 is 2.37 bits per heavy atom. The summed E-state index contributed by atoms with van der Waals surface area (Å²) in [5.41, 5.74) is 2.07. The Bertz CT molecular complexity index is 585. The number of aryl methyl sites for hydroxylation is 1. The van der Waals surface area contributed by atoms with Crippen LogP contribution in [0.2, 0.25) is 0 Å². The second-order valence-corrected chi connectivity index (χ2v) is 4.29. The maximum Gasteiger partial charge on any atom is 0.174 e. The average Bonchev–Trinajstić information content (AvgIpc) is 2.83. The van der Waals surface area contributed by atoms with Crippen LogP contribution in [0.1, 0.15) is 18.5 Å². The van der Waals surface area contributed by atoms with E-state index in [1.54, 1.807) is 4.68 Å². The fourth-order valence-corrected chi connectivity index (χ4v) is 1.79. The van der Waals surface area contributed by atoms with Gasteiger partial charge in [-0.3, -0.25) is 4.68 Å². The summed E-state index contributed by atoms with van der Waals surface area (Å²) in [6, 6.07) is 9.67. The molecule has 0 bridgehead atoms. The summed E-state index contributed by atoms with van der Waals surface area (Å²) in [6.45, 7) is 2.13. The van der Waals surface area contributed by atoms with Crippen LogP contribution >= 0.6 is 0 Å². The van der Waals surface area contributed by atoms with Crippen molar-refractivity contribution in [2.75, 3.05) is 11.9 Å². The minimum Gasteiger partial charge on any atom is -0.479 e. The molecule has 0 fully saturated rings. The molecule has 1 unspecified atom stereocenters. The zero-order valence-corrected chi connectivity index (χ0v) is 11.0. The molecule has 2 rings (SSSR count). The summed E-state index contributed by atoms with van der Waals surface area (Å²) >= 11 is 0. The van der Waals surface area contributed by atoms with Crippen LogP contribution in [0.15, 0.2) is 36.7 Å². The lowest BCUT2D eigenvalue weighted by Crippen LogP contribution is -2.06. The zero-order chi connectivity index (χ0) is 13.7. The third-order valence-electron chi connectivity index (χ3n) is 2.75. The van der Waals surface area contributed by atoms with Crippen molar-refractivity contribution < 1.29 is 4.74 Å². The van der Waals surface area contributed by atoms with Gasteiger partial charge in [0.2, 0.25) is 0 Å². The van der Waals surface area contributed by atoms with Gasteiger partial charge in [-0.05, 0) is 19.1 Å². The normalized spacial score (nSPS) is 11.6. The van der Waals surface area contributed by atoms with E-state index in [9.17, 15) is 0 Å². The van der Waals surface area contributed by atoms with E-state index in [1.807, 2.05) is 49.8 Å². The molecule has 2 aromatic rings.